The Morgan fingerprint density at radius 3 is 1.09 bits per heavy atom. The Hall–Kier alpha value is -4.74. The molecule has 0 aromatic heterocycles. The maximum absolute atomic E-state index is 12.8. The zero-order chi connectivity index (χ0) is 47.7. The van der Waals surface area contributed by atoms with Gasteiger partial charge in [-0.15, -0.1) is 0 Å². The first-order valence-corrected chi connectivity index (χ1v) is 25.7. The monoisotopic (exact) mass is 905 g/mol. The van der Waals surface area contributed by atoms with Crippen molar-refractivity contribution in [2.45, 2.75) is 181 Å². The van der Waals surface area contributed by atoms with Gasteiger partial charge < -0.3 is 14.2 Å². The highest BCUT2D eigenvalue weighted by atomic mass is 16.6. The summed E-state index contributed by atoms with van der Waals surface area (Å²) in [4.78, 5) is 25.3. The van der Waals surface area contributed by atoms with Crippen molar-refractivity contribution in [3.63, 3.8) is 0 Å². The maximum Gasteiger partial charge on any atom is 0.309 e. The Labute approximate surface area is 405 Å². The molecular formula is C61H92O5. The van der Waals surface area contributed by atoms with Gasteiger partial charge in [-0.3, -0.25) is 9.59 Å². The summed E-state index contributed by atoms with van der Waals surface area (Å²) in [6, 6.07) is 0. The van der Waals surface area contributed by atoms with E-state index in [9.17, 15) is 9.59 Å². The van der Waals surface area contributed by atoms with E-state index in [2.05, 4.69) is 179 Å². The second-order valence-corrected chi connectivity index (χ2v) is 15.9. The van der Waals surface area contributed by atoms with Crippen molar-refractivity contribution in [2.75, 3.05) is 19.8 Å². The minimum atomic E-state index is -0.630. The van der Waals surface area contributed by atoms with E-state index < -0.39 is 6.10 Å². The Bertz CT molecular complexity index is 1540. The third-order valence-electron chi connectivity index (χ3n) is 9.76. The average Bonchev–Trinajstić information content (AvgIpc) is 3.32. The fourth-order valence-electron chi connectivity index (χ4n) is 6.08. The number of carbonyl (C=O) groups is 2. The third kappa shape index (κ3) is 51.9. The standard InChI is InChI=1S/C61H92O5/c1-4-7-10-13-16-19-22-25-28-29-30-31-32-35-38-41-44-47-50-53-56-64-57-59(66-61(63)55-52-49-46-43-40-37-34-27-24-21-18-15-12-9-6-3)58-65-60(62)54-51-48-45-42-39-36-33-26-23-20-17-14-11-8-5-2/h7-12,16-21,25-28,30-31,33-35,38-39,42,44,47-48,51,59H,4-6,13-15,22-24,29,32,36-37,40-41,43,45-46,49-50,52-58H2,1-3H3/b10-7-,11-8-,12-9-,19-16-,20-17-,21-18-,28-25-,31-30-,33-26-,34-27-,38-35-,42-39-,47-44-,51-48-. The van der Waals surface area contributed by atoms with Gasteiger partial charge in [-0.05, 0) is 122 Å². The molecule has 0 heterocycles. The molecule has 0 aliphatic rings. The lowest BCUT2D eigenvalue weighted by atomic mass is 10.1. The number of allylic oxidation sites excluding steroid dienone is 27. The first-order valence-electron chi connectivity index (χ1n) is 25.7. The number of hydrogen-bond acceptors (Lipinski definition) is 5. The van der Waals surface area contributed by atoms with Gasteiger partial charge in [-0.1, -0.05) is 210 Å². The number of rotatable bonds is 44. The lowest BCUT2D eigenvalue weighted by Gasteiger charge is -2.18. The molecule has 0 aliphatic carbocycles. The molecule has 66 heavy (non-hydrogen) atoms. The molecule has 5 heteroatoms. The van der Waals surface area contributed by atoms with Crippen LogP contribution in [0.1, 0.15) is 175 Å². The molecule has 0 fully saturated rings. The SMILES string of the molecule is CC/C=C\C/C=C\C/C=C\C/C=C\C/C=C\C/C=C\CCCOCC(COC(=O)C/C=C\C/C=C\C/C=C\C/C=C\C/C=C\CC)OC(=O)CCCCCCC/C=C\C/C=C\C/C=C\CC. The Morgan fingerprint density at radius 1 is 0.348 bits per heavy atom. The van der Waals surface area contributed by atoms with E-state index in [4.69, 9.17) is 14.2 Å². The van der Waals surface area contributed by atoms with Gasteiger partial charge in [-0.25, -0.2) is 0 Å². The van der Waals surface area contributed by atoms with Gasteiger partial charge in [0.25, 0.3) is 0 Å². The first-order chi connectivity index (χ1) is 32.6. The highest BCUT2D eigenvalue weighted by molar-refractivity contribution is 5.71. The van der Waals surface area contributed by atoms with Gasteiger partial charge in [0.1, 0.15) is 6.61 Å². The van der Waals surface area contributed by atoms with Gasteiger partial charge in [0, 0.05) is 13.0 Å². The molecule has 0 radical (unpaired) electrons. The molecule has 0 saturated heterocycles. The molecule has 366 valence electrons. The molecule has 0 aliphatic heterocycles. The van der Waals surface area contributed by atoms with Crippen LogP contribution in [0.5, 0.6) is 0 Å². The normalized spacial score (nSPS) is 13.7. The summed E-state index contributed by atoms with van der Waals surface area (Å²) in [6.07, 6.45) is 82.6. The van der Waals surface area contributed by atoms with E-state index in [-0.39, 0.29) is 31.6 Å². The van der Waals surface area contributed by atoms with Gasteiger partial charge in [0.2, 0.25) is 0 Å². The van der Waals surface area contributed by atoms with Crippen molar-refractivity contribution in [3.8, 4) is 0 Å². The van der Waals surface area contributed by atoms with Crippen LogP contribution >= 0.6 is 0 Å². The summed E-state index contributed by atoms with van der Waals surface area (Å²) in [7, 11) is 0. The van der Waals surface area contributed by atoms with E-state index in [1.165, 1.54) is 0 Å². The summed E-state index contributed by atoms with van der Waals surface area (Å²) < 4.78 is 17.2. The predicted octanol–water partition coefficient (Wildman–Crippen LogP) is 17.7. The summed E-state index contributed by atoms with van der Waals surface area (Å²) in [5.41, 5.74) is 0. The summed E-state index contributed by atoms with van der Waals surface area (Å²) in [6.45, 7) is 7.18. The average molecular weight is 905 g/mol. The Balaban J connectivity index is 4.57. The fourth-order valence-corrected chi connectivity index (χ4v) is 6.08. The lowest BCUT2D eigenvalue weighted by molar-refractivity contribution is -0.162. The molecule has 1 unspecified atom stereocenters. The van der Waals surface area contributed by atoms with Crippen LogP contribution in [0.3, 0.4) is 0 Å². The molecule has 0 bridgehead atoms. The summed E-state index contributed by atoms with van der Waals surface area (Å²) in [5, 5.41) is 0. The van der Waals surface area contributed by atoms with Crippen LogP contribution in [0.25, 0.3) is 0 Å². The second kappa shape index (κ2) is 54.6. The van der Waals surface area contributed by atoms with Crippen LogP contribution in [-0.4, -0.2) is 37.9 Å². The van der Waals surface area contributed by atoms with Gasteiger partial charge in [0.05, 0.1) is 13.0 Å². The van der Waals surface area contributed by atoms with Crippen molar-refractivity contribution in [1.82, 2.24) is 0 Å². The summed E-state index contributed by atoms with van der Waals surface area (Å²) in [5.74, 6) is -0.613. The fraction of sp³-hybridized carbons (Fsp3) is 0.508. The largest absolute Gasteiger partial charge is 0.461 e. The van der Waals surface area contributed by atoms with Crippen molar-refractivity contribution in [3.05, 3.63) is 170 Å². The molecule has 0 aromatic carbocycles. The van der Waals surface area contributed by atoms with Crippen molar-refractivity contribution < 1.29 is 23.8 Å². The third-order valence-corrected chi connectivity index (χ3v) is 9.76. The molecule has 0 saturated carbocycles. The molecule has 0 N–H and O–H groups in total. The van der Waals surface area contributed by atoms with Crippen LogP contribution in [0, 0.1) is 0 Å². The highest BCUT2D eigenvalue weighted by Crippen LogP contribution is 2.10. The molecule has 0 aromatic rings. The van der Waals surface area contributed by atoms with E-state index in [1.807, 2.05) is 12.2 Å². The van der Waals surface area contributed by atoms with E-state index in [0.717, 1.165) is 141 Å². The Kier molecular flexibility index (Phi) is 50.7. The van der Waals surface area contributed by atoms with Crippen LogP contribution in [0.2, 0.25) is 0 Å². The summed E-state index contributed by atoms with van der Waals surface area (Å²) >= 11 is 0. The van der Waals surface area contributed by atoms with Crippen LogP contribution in [0.15, 0.2) is 170 Å². The quantitative estimate of drug-likeness (QED) is 0.0346. The zero-order valence-electron chi connectivity index (χ0n) is 41.9. The van der Waals surface area contributed by atoms with Crippen molar-refractivity contribution in [2.24, 2.45) is 0 Å². The number of hydrogen-bond donors (Lipinski definition) is 0. The van der Waals surface area contributed by atoms with E-state index in [1.54, 1.807) is 0 Å². The van der Waals surface area contributed by atoms with Crippen molar-refractivity contribution in [1.29, 1.82) is 0 Å². The van der Waals surface area contributed by atoms with Gasteiger partial charge in [-0.2, -0.15) is 0 Å². The number of esters is 2. The topological polar surface area (TPSA) is 61.8 Å². The van der Waals surface area contributed by atoms with Crippen LogP contribution in [0.4, 0.5) is 0 Å². The second-order valence-electron chi connectivity index (χ2n) is 15.9. The number of ether oxygens (including phenoxy) is 3. The molecular weight excluding hydrogens is 813 g/mol. The van der Waals surface area contributed by atoms with Crippen LogP contribution < -0.4 is 0 Å². The number of unbranched alkanes of at least 4 members (excludes halogenated alkanes) is 6. The maximum atomic E-state index is 12.8. The van der Waals surface area contributed by atoms with E-state index in [0.29, 0.717) is 13.0 Å². The first kappa shape index (κ1) is 61.3. The molecule has 1 atom stereocenters. The molecule has 5 nitrogen and oxygen atoms in total. The molecule has 0 rings (SSSR count). The lowest BCUT2D eigenvalue weighted by Crippen LogP contribution is -2.30. The van der Waals surface area contributed by atoms with Gasteiger partial charge in [0.15, 0.2) is 6.10 Å². The molecule has 0 amide bonds. The van der Waals surface area contributed by atoms with Crippen molar-refractivity contribution >= 4 is 11.9 Å². The Morgan fingerprint density at radius 2 is 0.682 bits per heavy atom. The predicted molar refractivity (Wildman–Crippen MR) is 287 cm³/mol. The zero-order valence-corrected chi connectivity index (χ0v) is 41.9. The minimum absolute atomic E-state index is 0.0123. The minimum Gasteiger partial charge on any atom is -0.461 e. The van der Waals surface area contributed by atoms with Crippen LogP contribution in [-0.2, 0) is 23.8 Å². The van der Waals surface area contributed by atoms with E-state index >= 15 is 0 Å². The number of carbonyl (C=O) groups excluding carboxylic acids is 2. The van der Waals surface area contributed by atoms with Gasteiger partial charge >= 0.3 is 11.9 Å². The molecule has 0 spiro atoms. The highest BCUT2D eigenvalue weighted by Gasteiger charge is 2.17. The smallest absolute Gasteiger partial charge is 0.309 e.